The lowest BCUT2D eigenvalue weighted by Crippen LogP contribution is -2.36. The van der Waals surface area contributed by atoms with Gasteiger partial charge in [0.1, 0.15) is 11.4 Å². The quantitative estimate of drug-likeness (QED) is 0.536. The summed E-state index contributed by atoms with van der Waals surface area (Å²) in [6.45, 7) is 14.9. The number of hydrogen-bond donors (Lipinski definition) is 1. The topological polar surface area (TPSA) is 64.6 Å². The lowest BCUT2D eigenvalue weighted by Gasteiger charge is -2.25. The number of halogens is 1. The number of nitrogens with one attached hydrogen (secondary N) is 1. The van der Waals surface area contributed by atoms with Gasteiger partial charge >= 0.3 is 12.1 Å². The molecule has 0 aliphatic rings. The van der Waals surface area contributed by atoms with Gasteiger partial charge in [-0.2, -0.15) is 0 Å². The van der Waals surface area contributed by atoms with Gasteiger partial charge in [-0.25, -0.2) is 9.18 Å². The molecule has 2 aromatic rings. The molecule has 0 aromatic heterocycles. The Hall–Kier alpha value is -2.89. The van der Waals surface area contributed by atoms with Gasteiger partial charge in [0.2, 0.25) is 0 Å². The summed E-state index contributed by atoms with van der Waals surface area (Å²) < 4.78 is 25.7. The third-order valence-electron chi connectivity index (χ3n) is 5.26. The minimum absolute atomic E-state index is 0.196. The second kappa shape index (κ2) is 10.2. The van der Waals surface area contributed by atoms with Gasteiger partial charge in [-0.05, 0) is 101 Å². The van der Waals surface area contributed by atoms with Crippen LogP contribution in [0.25, 0.3) is 11.1 Å². The number of amides is 1. The van der Waals surface area contributed by atoms with Crippen LogP contribution in [0.5, 0.6) is 0 Å². The summed E-state index contributed by atoms with van der Waals surface area (Å²) in [5, 5.41) is 2.66. The molecule has 1 N–H and O–H groups in total. The molecule has 2 aromatic carbocycles. The average Bonchev–Trinajstić information content (AvgIpc) is 2.66. The zero-order valence-corrected chi connectivity index (χ0v) is 20.3. The van der Waals surface area contributed by atoms with E-state index in [2.05, 4.69) is 11.4 Å². The zero-order chi connectivity index (χ0) is 24.2. The van der Waals surface area contributed by atoms with Crippen molar-refractivity contribution in [3.63, 3.8) is 0 Å². The molecular weight excluding hydrogens is 409 g/mol. The first-order valence-electron chi connectivity index (χ1n) is 10.9. The second-order valence-electron chi connectivity index (χ2n) is 9.10. The fourth-order valence-electron chi connectivity index (χ4n) is 3.67. The number of carbonyl (C=O) groups is 2. The van der Waals surface area contributed by atoms with E-state index in [1.165, 1.54) is 0 Å². The first kappa shape index (κ1) is 25.4. The van der Waals surface area contributed by atoms with E-state index in [0.29, 0.717) is 5.56 Å². The molecule has 0 aliphatic heterocycles. The Balaban J connectivity index is 2.58. The van der Waals surface area contributed by atoms with Crippen LogP contribution in [0.1, 0.15) is 68.0 Å². The molecule has 0 bridgehead atoms. The van der Waals surface area contributed by atoms with Crippen molar-refractivity contribution in [3.8, 4) is 11.1 Å². The first-order valence-corrected chi connectivity index (χ1v) is 10.9. The van der Waals surface area contributed by atoms with Crippen molar-refractivity contribution in [2.75, 3.05) is 6.61 Å². The third-order valence-corrected chi connectivity index (χ3v) is 5.26. The molecule has 5 nitrogen and oxygen atoms in total. The summed E-state index contributed by atoms with van der Waals surface area (Å²) in [5.41, 5.74) is 5.06. The van der Waals surface area contributed by atoms with Crippen LogP contribution >= 0.6 is 0 Å². The van der Waals surface area contributed by atoms with Gasteiger partial charge in [0, 0.05) is 5.56 Å². The fraction of sp³-hybridized carbons (Fsp3) is 0.462. The van der Waals surface area contributed by atoms with Gasteiger partial charge in [0.25, 0.3) is 0 Å². The maximum Gasteiger partial charge on any atom is 0.408 e. The Morgan fingerprint density at radius 2 is 1.66 bits per heavy atom. The summed E-state index contributed by atoms with van der Waals surface area (Å²) in [4.78, 5) is 24.7. The molecule has 0 aliphatic carbocycles. The summed E-state index contributed by atoms with van der Waals surface area (Å²) in [7, 11) is 0. The molecule has 1 amide bonds. The Kier molecular flexibility index (Phi) is 8.05. The number of carbonyl (C=O) groups excluding carboxylic acids is 2. The van der Waals surface area contributed by atoms with E-state index < -0.39 is 29.5 Å². The Bertz CT molecular complexity index is 1010. The normalized spacial score (nSPS) is 12.3. The van der Waals surface area contributed by atoms with Crippen molar-refractivity contribution in [2.45, 2.75) is 73.5 Å². The highest BCUT2D eigenvalue weighted by atomic mass is 19.1. The summed E-state index contributed by atoms with van der Waals surface area (Å²) >= 11 is 0. The van der Waals surface area contributed by atoms with Crippen LogP contribution in [-0.4, -0.2) is 24.3 Å². The minimum Gasteiger partial charge on any atom is -0.466 e. The molecule has 0 heterocycles. The van der Waals surface area contributed by atoms with Crippen molar-refractivity contribution >= 4 is 12.1 Å². The van der Waals surface area contributed by atoms with Crippen molar-refractivity contribution in [1.82, 2.24) is 5.32 Å². The predicted octanol–water partition coefficient (Wildman–Crippen LogP) is 6.25. The largest absolute Gasteiger partial charge is 0.466 e. The van der Waals surface area contributed by atoms with Crippen LogP contribution < -0.4 is 5.32 Å². The van der Waals surface area contributed by atoms with Gasteiger partial charge in [-0.1, -0.05) is 12.1 Å². The number of rotatable bonds is 6. The van der Waals surface area contributed by atoms with Gasteiger partial charge < -0.3 is 14.8 Å². The number of aryl methyl sites for hydroxylation is 3. The van der Waals surface area contributed by atoms with Crippen LogP contribution in [0, 0.1) is 33.5 Å². The van der Waals surface area contributed by atoms with Gasteiger partial charge in [-0.3, -0.25) is 4.79 Å². The maximum absolute atomic E-state index is 15.3. The van der Waals surface area contributed by atoms with Gasteiger partial charge in [0.05, 0.1) is 19.1 Å². The van der Waals surface area contributed by atoms with Crippen LogP contribution in [0.3, 0.4) is 0 Å². The van der Waals surface area contributed by atoms with Gasteiger partial charge in [-0.15, -0.1) is 0 Å². The Labute approximate surface area is 190 Å². The van der Waals surface area contributed by atoms with E-state index in [-0.39, 0.29) is 18.6 Å². The SMILES string of the molecule is CCOC(=O)C[C@H](NC(=O)OC(C)(C)C)c1cc(-c2c(C)ccc(C)c2C)cc(C)c1F. The van der Waals surface area contributed by atoms with Crippen LogP contribution in [0.4, 0.5) is 9.18 Å². The molecule has 0 fully saturated rings. The number of hydrogen-bond acceptors (Lipinski definition) is 4. The van der Waals surface area contributed by atoms with E-state index in [1.54, 1.807) is 46.8 Å². The van der Waals surface area contributed by atoms with E-state index in [0.717, 1.165) is 27.8 Å². The average molecular weight is 444 g/mol. The Morgan fingerprint density at radius 3 is 2.25 bits per heavy atom. The molecule has 1 atom stereocenters. The monoisotopic (exact) mass is 443 g/mol. The van der Waals surface area contributed by atoms with Crippen molar-refractivity contribution < 1.29 is 23.5 Å². The van der Waals surface area contributed by atoms with E-state index in [9.17, 15) is 9.59 Å². The molecule has 2 rings (SSSR count). The first-order chi connectivity index (χ1) is 14.8. The summed E-state index contributed by atoms with van der Waals surface area (Å²) in [6.07, 6.45) is -0.934. The van der Waals surface area contributed by atoms with Gasteiger partial charge in [0.15, 0.2) is 0 Å². The second-order valence-corrected chi connectivity index (χ2v) is 9.10. The van der Waals surface area contributed by atoms with Crippen LogP contribution in [0.2, 0.25) is 0 Å². The highest BCUT2D eigenvalue weighted by Crippen LogP contribution is 2.34. The molecule has 0 saturated carbocycles. The highest BCUT2D eigenvalue weighted by Gasteiger charge is 2.27. The van der Waals surface area contributed by atoms with Crippen molar-refractivity contribution in [2.24, 2.45) is 0 Å². The molecule has 0 spiro atoms. The predicted molar refractivity (Wildman–Crippen MR) is 124 cm³/mol. The Morgan fingerprint density at radius 1 is 1.03 bits per heavy atom. The van der Waals surface area contributed by atoms with E-state index in [1.807, 2.05) is 26.8 Å². The lowest BCUT2D eigenvalue weighted by molar-refractivity contribution is -0.143. The van der Waals surface area contributed by atoms with E-state index in [4.69, 9.17) is 9.47 Å². The number of ether oxygens (including phenoxy) is 2. The van der Waals surface area contributed by atoms with Crippen LogP contribution in [0.15, 0.2) is 24.3 Å². The third kappa shape index (κ3) is 6.31. The van der Waals surface area contributed by atoms with Crippen molar-refractivity contribution in [3.05, 3.63) is 57.9 Å². The molecule has 6 heteroatoms. The number of alkyl carbamates (subject to hydrolysis) is 1. The molecular formula is C26H34FNO4. The maximum atomic E-state index is 15.3. The molecule has 0 unspecified atom stereocenters. The molecule has 32 heavy (non-hydrogen) atoms. The number of benzene rings is 2. The lowest BCUT2D eigenvalue weighted by atomic mass is 9.89. The zero-order valence-electron chi connectivity index (χ0n) is 20.3. The fourth-order valence-corrected chi connectivity index (χ4v) is 3.67. The highest BCUT2D eigenvalue weighted by molar-refractivity contribution is 5.76. The smallest absolute Gasteiger partial charge is 0.408 e. The van der Waals surface area contributed by atoms with Crippen molar-refractivity contribution in [1.29, 1.82) is 0 Å². The molecule has 0 saturated heterocycles. The molecule has 174 valence electrons. The summed E-state index contributed by atoms with van der Waals surface area (Å²) in [5.74, 6) is -0.999. The molecule has 0 radical (unpaired) electrons. The number of esters is 1. The van der Waals surface area contributed by atoms with Crippen LogP contribution in [-0.2, 0) is 14.3 Å². The summed E-state index contributed by atoms with van der Waals surface area (Å²) in [6, 6.07) is 6.65. The van der Waals surface area contributed by atoms with E-state index >= 15 is 4.39 Å². The standard InChI is InChI=1S/C26H34FNO4/c1-9-31-22(29)14-21(28-25(30)32-26(6,7)8)20-13-19(12-17(4)24(20)27)23-16(3)11-10-15(2)18(23)5/h10-13,21H,9,14H2,1-8H3,(H,28,30)/t21-/m0/s1. The minimum atomic E-state index is -0.937.